The van der Waals surface area contributed by atoms with Crippen molar-refractivity contribution in [3.63, 3.8) is 0 Å². The molecule has 0 aliphatic rings. The highest BCUT2D eigenvalue weighted by molar-refractivity contribution is 5.63. The first kappa shape index (κ1) is 17.2. The van der Waals surface area contributed by atoms with Gasteiger partial charge in [0.05, 0.1) is 18.4 Å². The van der Waals surface area contributed by atoms with Crippen LogP contribution in [0.5, 0.6) is 5.75 Å². The van der Waals surface area contributed by atoms with Crippen molar-refractivity contribution < 1.29 is 4.74 Å². The molecule has 0 aliphatic carbocycles. The van der Waals surface area contributed by atoms with Crippen LogP contribution in [0.1, 0.15) is 16.8 Å². The summed E-state index contributed by atoms with van der Waals surface area (Å²) in [7, 11) is 1.66. The largest absolute Gasteiger partial charge is 0.496 e. The third kappa shape index (κ3) is 4.08. The van der Waals surface area contributed by atoms with Gasteiger partial charge in [0.15, 0.2) is 0 Å². The standard InChI is InChI=1S/C20H19N5O/c1-14-11-19(22-13-16-8-4-6-10-18(16)26-2)25-20(23-14)24-17-9-5-3-7-15(17)12-21/h3-11H,13H2,1-2H3,(H2,22,23,24,25). The highest BCUT2D eigenvalue weighted by Gasteiger charge is 2.07. The van der Waals surface area contributed by atoms with Gasteiger partial charge in [-0.1, -0.05) is 30.3 Å². The molecule has 0 radical (unpaired) electrons. The number of nitrogens with one attached hydrogen (secondary N) is 2. The lowest BCUT2D eigenvalue weighted by atomic mass is 10.2. The van der Waals surface area contributed by atoms with Gasteiger partial charge in [-0.3, -0.25) is 0 Å². The molecule has 0 spiro atoms. The Hall–Kier alpha value is -3.59. The zero-order chi connectivity index (χ0) is 18.4. The lowest BCUT2D eigenvalue weighted by molar-refractivity contribution is 0.410. The van der Waals surface area contributed by atoms with E-state index < -0.39 is 0 Å². The van der Waals surface area contributed by atoms with Crippen molar-refractivity contribution in [2.75, 3.05) is 17.7 Å². The molecule has 1 aromatic heterocycles. The van der Waals surface area contributed by atoms with Crippen LogP contribution in [0.4, 0.5) is 17.5 Å². The number of nitriles is 1. The smallest absolute Gasteiger partial charge is 0.229 e. The molecule has 0 aliphatic heterocycles. The van der Waals surface area contributed by atoms with E-state index in [9.17, 15) is 5.26 Å². The number of hydrogen-bond donors (Lipinski definition) is 2. The van der Waals surface area contributed by atoms with Gasteiger partial charge in [-0.05, 0) is 25.1 Å². The Morgan fingerprint density at radius 2 is 1.85 bits per heavy atom. The van der Waals surface area contributed by atoms with Crippen molar-refractivity contribution in [1.29, 1.82) is 5.26 Å². The molecule has 0 saturated carbocycles. The molecule has 130 valence electrons. The quantitative estimate of drug-likeness (QED) is 0.702. The lowest BCUT2D eigenvalue weighted by Crippen LogP contribution is -2.06. The summed E-state index contributed by atoms with van der Waals surface area (Å²) in [6.07, 6.45) is 0. The molecule has 0 amide bonds. The number of methoxy groups -OCH3 is 1. The predicted molar refractivity (Wildman–Crippen MR) is 102 cm³/mol. The molecule has 0 atom stereocenters. The fourth-order valence-electron chi connectivity index (χ4n) is 2.56. The number of benzene rings is 2. The van der Waals surface area contributed by atoms with Gasteiger partial charge in [0.1, 0.15) is 17.6 Å². The van der Waals surface area contributed by atoms with Gasteiger partial charge in [-0.2, -0.15) is 10.2 Å². The number of nitrogens with zero attached hydrogens (tertiary/aromatic N) is 3. The molecule has 26 heavy (non-hydrogen) atoms. The average molecular weight is 345 g/mol. The van der Waals surface area contributed by atoms with Crippen LogP contribution in [0.25, 0.3) is 0 Å². The van der Waals surface area contributed by atoms with Gasteiger partial charge in [-0.25, -0.2) is 4.98 Å². The molecule has 1 heterocycles. The Kier molecular flexibility index (Phi) is 5.30. The van der Waals surface area contributed by atoms with E-state index in [4.69, 9.17) is 4.74 Å². The summed E-state index contributed by atoms with van der Waals surface area (Å²) in [6, 6.07) is 19.1. The minimum absolute atomic E-state index is 0.440. The molecule has 2 aromatic carbocycles. The van der Waals surface area contributed by atoms with Crippen LogP contribution in [0, 0.1) is 18.3 Å². The molecule has 2 N–H and O–H groups in total. The monoisotopic (exact) mass is 345 g/mol. The zero-order valence-corrected chi connectivity index (χ0v) is 14.7. The maximum absolute atomic E-state index is 9.21. The molecular formula is C20H19N5O. The third-order valence-electron chi connectivity index (χ3n) is 3.80. The molecule has 0 bridgehead atoms. The molecular weight excluding hydrogens is 326 g/mol. The number of para-hydroxylation sites is 2. The van der Waals surface area contributed by atoms with Crippen LogP contribution in [0.15, 0.2) is 54.6 Å². The summed E-state index contributed by atoms with van der Waals surface area (Å²) in [5.74, 6) is 1.96. The summed E-state index contributed by atoms with van der Waals surface area (Å²) < 4.78 is 5.37. The van der Waals surface area contributed by atoms with Crippen LogP contribution in [0.3, 0.4) is 0 Å². The Morgan fingerprint density at radius 1 is 1.08 bits per heavy atom. The topological polar surface area (TPSA) is 82.9 Å². The predicted octanol–water partition coefficient (Wildman–Crippen LogP) is 4.02. The number of aromatic nitrogens is 2. The second-order valence-electron chi connectivity index (χ2n) is 5.67. The summed E-state index contributed by atoms with van der Waals surface area (Å²) in [5, 5.41) is 15.6. The minimum atomic E-state index is 0.440. The highest BCUT2D eigenvalue weighted by atomic mass is 16.5. The average Bonchev–Trinajstić information content (AvgIpc) is 2.66. The van der Waals surface area contributed by atoms with Gasteiger partial charge in [0, 0.05) is 23.9 Å². The first-order valence-corrected chi connectivity index (χ1v) is 8.17. The second kappa shape index (κ2) is 7.99. The summed E-state index contributed by atoms with van der Waals surface area (Å²) >= 11 is 0. The van der Waals surface area contributed by atoms with Gasteiger partial charge < -0.3 is 15.4 Å². The van der Waals surface area contributed by atoms with Crippen LogP contribution < -0.4 is 15.4 Å². The Labute approximate surface area is 152 Å². The van der Waals surface area contributed by atoms with E-state index in [1.54, 1.807) is 13.2 Å². The minimum Gasteiger partial charge on any atom is -0.496 e. The zero-order valence-electron chi connectivity index (χ0n) is 14.7. The SMILES string of the molecule is COc1ccccc1CNc1cc(C)nc(Nc2ccccc2C#N)n1. The summed E-state index contributed by atoms with van der Waals surface area (Å²) in [4.78, 5) is 8.89. The van der Waals surface area contributed by atoms with Gasteiger partial charge in [0.2, 0.25) is 5.95 Å². The summed E-state index contributed by atoms with van der Waals surface area (Å²) in [5.41, 5.74) is 3.08. The first-order chi connectivity index (χ1) is 12.7. The molecule has 3 rings (SSSR count). The van der Waals surface area contributed by atoms with E-state index in [0.717, 1.165) is 17.0 Å². The number of rotatable bonds is 6. The number of anilines is 3. The van der Waals surface area contributed by atoms with Crippen LogP contribution in [0.2, 0.25) is 0 Å². The normalized spacial score (nSPS) is 10.0. The maximum Gasteiger partial charge on any atom is 0.229 e. The molecule has 0 unspecified atom stereocenters. The fraction of sp³-hybridized carbons (Fsp3) is 0.150. The van der Waals surface area contributed by atoms with Gasteiger partial charge in [-0.15, -0.1) is 0 Å². The first-order valence-electron chi connectivity index (χ1n) is 8.17. The van der Waals surface area contributed by atoms with Crippen molar-refractivity contribution in [1.82, 2.24) is 9.97 Å². The van der Waals surface area contributed by atoms with Crippen molar-refractivity contribution in [2.45, 2.75) is 13.5 Å². The Bertz CT molecular complexity index is 949. The van der Waals surface area contributed by atoms with Gasteiger partial charge in [0.25, 0.3) is 0 Å². The van der Waals surface area contributed by atoms with Crippen molar-refractivity contribution in [3.05, 3.63) is 71.4 Å². The third-order valence-corrected chi connectivity index (χ3v) is 3.80. The Morgan fingerprint density at radius 3 is 2.65 bits per heavy atom. The van der Waals surface area contributed by atoms with E-state index in [0.29, 0.717) is 29.6 Å². The number of aryl methyl sites for hydroxylation is 1. The summed E-state index contributed by atoms with van der Waals surface area (Å²) in [6.45, 7) is 2.48. The van der Waals surface area contributed by atoms with Crippen molar-refractivity contribution in [2.24, 2.45) is 0 Å². The molecule has 3 aromatic rings. The van der Waals surface area contributed by atoms with Crippen LogP contribution >= 0.6 is 0 Å². The lowest BCUT2D eigenvalue weighted by Gasteiger charge is -2.12. The number of ether oxygens (including phenoxy) is 1. The van der Waals surface area contributed by atoms with Gasteiger partial charge >= 0.3 is 0 Å². The van der Waals surface area contributed by atoms with E-state index >= 15 is 0 Å². The maximum atomic E-state index is 9.21. The van der Waals surface area contributed by atoms with E-state index in [-0.39, 0.29) is 0 Å². The van der Waals surface area contributed by atoms with Crippen LogP contribution in [-0.4, -0.2) is 17.1 Å². The highest BCUT2D eigenvalue weighted by Crippen LogP contribution is 2.21. The van der Waals surface area contributed by atoms with Crippen molar-refractivity contribution in [3.8, 4) is 11.8 Å². The van der Waals surface area contributed by atoms with Crippen molar-refractivity contribution >= 4 is 17.5 Å². The van der Waals surface area contributed by atoms with Crippen LogP contribution in [-0.2, 0) is 6.54 Å². The molecule has 6 nitrogen and oxygen atoms in total. The molecule has 0 saturated heterocycles. The fourth-order valence-corrected chi connectivity index (χ4v) is 2.56. The molecule has 0 fully saturated rings. The van der Waals surface area contributed by atoms with E-state index in [1.807, 2.05) is 55.5 Å². The number of hydrogen-bond acceptors (Lipinski definition) is 6. The molecule has 6 heteroatoms. The second-order valence-corrected chi connectivity index (χ2v) is 5.67. The Balaban J connectivity index is 1.79. The van der Waals surface area contributed by atoms with E-state index in [2.05, 4.69) is 26.7 Å². The van der Waals surface area contributed by atoms with E-state index in [1.165, 1.54) is 0 Å².